The summed E-state index contributed by atoms with van der Waals surface area (Å²) < 4.78 is 68.4. The zero-order valence-electron chi connectivity index (χ0n) is 12.3. The van der Waals surface area contributed by atoms with Crippen molar-refractivity contribution in [2.45, 2.75) is 24.9 Å². The lowest BCUT2D eigenvalue weighted by atomic mass is 10.2. The van der Waals surface area contributed by atoms with Crippen LogP contribution in [0.1, 0.15) is 13.8 Å². The van der Waals surface area contributed by atoms with Gasteiger partial charge in [-0.3, -0.25) is 0 Å². The zero-order valence-corrected chi connectivity index (χ0v) is 13.9. The summed E-state index contributed by atoms with van der Waals surface area (Å²) in [4.78, 5) is -0.404. The molecular weight excluding hydrogens is 343 g/mol. The summed E-state index contributed by atoms with van der Waals surface area (Å²) in [5.41, 5.74) is 0. The number of hydrogen-bond donors (Lipinski definition) is 0. The standard InChI is InChI=1S/C13H17ClF3NO3S/c1-9(2)7-18(8-13(15,16)17)22(19,20)12-6-10(21-3)4-5-11(12)14/h4-6,9H,7-8H2,1-3H3. The monoisotopic (exact) mass is 359 g/mol. The van der Waals surface area contributed by atoms with Gasteiger partial charge in [-0.15, -0.1) is 0 Å². The predicted octanol–water partition coefficient (Wildman–Crippen LogP) is 3.56. The van der Waals surface area contributed by atoms with Gasteiger partial charge in [0.05, 0.1) is 12.1 Å². The van der Waals surface area contributed by atoms with Gasteiger partial charge in [0.2, 0.25) is 10.0 Å². The third-order valence-corrected chi connectivity index (χ3v) is 4.97. The Kier molecular flexibility index (Phi) is 6.11. The number of halogens is 4. The van der Waals surface area contributed by atoms with E-state index in [-0.39, 0.29) is 23.2 Å². The lowest BCUT2D eigenvalue weighted by Gasteiger charge is -2.25. The maximum atomic E-state index is 12.7. The Morgan fingerprint density at radius 2 is 1.91 bits per heavy atom. The van der Waals surface area contributed by atoms with Gasteiger partial charge in [-0.05, 0) is 18.1 Å². The lowest BCUT2D eigenvalue weighted by molar-refractivity contribution is -0.136. The van der Waals surface area contributed by atoms with E-state index in [1.807, 2.05) is 0 Å². The third kappa shape index (κ3) is 5.03. The quantitative estimate of drug-likeness (QED) is 0.780. The molecule has 0 aromatic heterocycles. The molecule has 0 fully saturated rings. The molecule has 0 unspecified atom stereocenters. The van der Waals surface area contributed by atoms with E-state index in [0.29, 0.717) is 4.31 Å². The lowest BCUT2D eigenvalue weighted by Crippen LogP contribution is -2.41. The molecule has 4 nitrogen and oxygen atoms in total. The van der Waals surface area contributed by atoms with Crippen LogP contribution in [0.2, 0.25) is 5.02 Å². The molecule has 0 bridgehead atoms. The van der Waals surface area contributed by atoms with Crippen molar-refractivity contribution in [2.75, 3.05) is 20.2 Å². The molecule has 0 aliphatic carbocycles. The molecule has 9 heteroatoms. The van der Waals surface area contributed by atoms with Gasteiger partial charge in [0.1, 0.15) is 17.2 Å². The van der Waals surface area contributed by atoms with E-state index in [1.165, 1.54) is 19.2 Å². The molecule has 0 aliphatic heterocycles. The highest BCUT2D eigenvalue weighted by Gasteiger charge is 2.38. The summed E-state index contributed by atoms with van der Waals surface area (Å²) in [6.07, 6.45) is -4.65. The minimum absolute atomic E-state index is 0.156. The van der Waals surface area contributed by atoms with E-state index in [4.69, 9.17) is 16.3 Å². The first-order chi connectivity index (χ1) is 9.97. The molecule has 0 N–H and O–H groups in total. The summed E-state index contributed by atoms with van der Waals surface area (Å²) in [5.74, 6) is -0.0824. The van der Waals surface area contributed by atoms with Gasteiger partial charge in [-0.2, -0.15) is 17.5 Å². The van der Waals surface area contributed by atoms with Gasteiger partial charge >= 0.3 is 6.18 Å². The summed E-state index contributed by atoms with van der Waals surface area (Å²) in [6.45, 7) is 1.43. The zero-order chi connectivity index (χ0) is 17.1. The molecule has 0 amide bonds. The highest BCUT2D eigenvalue weighted by Crippen LogP contribution is 2.30. The fraction of sp³-hybridized carbons (Fsp3) is 0.538. The third-order valence-electron chi connectivity index (χ3n) is 2.68. The molecule has 22 heavy (non-hydrogen) atoms. The number of ether oxygens (including phenoxy) is 1. The molecule has 0 saturated heterocycles. The molecule has 0 aliphatic rings. The van der Waals surface area contributed by atoms with E-state index in [0.717, 1.165) is 6.07 Å². The van der Waals surface area contributed by atoms with Crippen molar-refractivity contribution in [1.29, 1.82) is 0 Å². The number of sulfonamides is 1. The second-order valence-electron chi connectivity index (χ2n) is 5.10. The Bertz CT molecular complexity index is 617. The van der Waals surface area contributed by atoms with Crippen molar-refractivity contribution in [1.82, 2.24) is 4.31 Å². The summed E-state index contributed by atoms with van der Waals surface area (Å²) in [5, 5.41) is -0.156. The smallest absolute Gasteiger partial charge is 0.402 e. The second-order valence-corrected chi connectivity index (χ2v) is 7.42. The molecule has 1 rings (SSSR count). The Balaban J connectivity index is 3.32. The Labute approximate surface area is 132 Å². The molecule has 126 valence electrons. The number of alkyl halides is 3. The van der Waals surface area contributed by atoms with Crippen molar-refractivity contribution >= 4 is 21.6 Å². The van der Waals surface area contributed by atoms with E-state index in [1.54, 1.807) is 13.8 Å². The number of nitrogens with zero attached hydrogens (tertiary/aromatic N) is 1. The molecule has 0 atom stereocenters. The van der Waals surface area contributed by atoms with Crippen LogP contribution in [0.25, 0.3) is 0 Å². The minimum atomic E-state index is -4.65. The van der Waals surface area contributed by atoms with Crippen molar-refractivity contribution in [3.63, 3.8) is 0 Å². The van der Waals surface area contributed by atoms with Crippen LogP contribution in [0.15, 0.2) is 23.1 Å². The summed E-state index contributed by atoms with van der Waals surface area (Å²) in [7, 11) is -3.07. The van der Waals surface area contributed by atoms with Crippen LogP contribution >= 0.6 is 11.6 Å². The SMILES string of the molecule is COc1ccc(Cl)c(S(=O)(=O)N(CC(C)C)CC(F)(F)F)c1. The van der Waals surface area contributed by atoms with Crippen LogP contribution in [0, 0.1) is 5.92 Å². The van der Waals surface area contributed by atoms with Crippen molar-refractivity contribution in [3.8, 4) is 5.75 Å². The predicted molar refractivity (Wildman–Crippen MR) is 77.7 cm³/mol. The first-order valence-electron chi connectivity index (χ1n) is 6.38. The number of methoxy groups -OCH3 is 1. The normalized spacial score (nSPS) is 13.0. The highest BCUT2D eigenvalue weighted by atomic mass is 35.5. The van der Waals surface area contributed by atoms with Crippen LogP contribution in [0.5, 0.6) is 5.75 Å². The van der Waals surface area contributed by atoms with Gasteiger partial charge in [0.15, 0.2) is 0 Å². The average molecular weight is 360 g/mol. The molecule has 0 heterocycles. The number of rotatable bonds is 6. The van der Waals surface area contributed by atoms with Gasteiger partial charge in [0, 0.05) is 12.6 Å². The van der Waals surface area contributed by atoms with Gasteiger partial charge in [-0.1, -0.05) is 25.4 Å². The molecular formula is C13H17ClF3NO3S. The van der Waals surface area contributed by atoms with E-state index in [2.05, 4.69) is 0 Å². The van der Waals surface area contributed by atoms with Crippen LogP contribution < -0.4 is 4.74 Å². The maximum absolute atomic E-state index is 12.7. The van der Waals surface area contributed by atoms with Crippen molar-refractivity contribution in [2.24, 2.45) is 5.92 Å². The summed E-state index contributed by atoms with van der Waals surface area (Å²) in [6, 6.07) is 3.81. The highest BCUT2D eigenvalue weighted by molar-refractivity contribution is 7.89. The van der Waals surface area contributed by atoms with Crippen LogP contribution in [-0.2, 0) is 10.0 Å². The Morgan fingerprint density at radius 1 is 1.32 bits per heavy atom. The summed E-state index contributed by atoms with van der Waals surface area (Å²) >= 11 is 5.85. The largest absolute Gasteiger partial charge is 0.497 e. The Hall–Kier alpha value is -0.990. The fourth-order valence-corrected chi connectivity index (χ4v) is 3.88. The topological polar surface area (TPSA) is 46.6 Å². The molecule has 0 spiro atoms. The van der Waals surface area contributed by atoms with Gasteiger partial charge < -0.3 is 4.74 Å². The fourth-order valence-electron chi connectivity index (χ4n) is 1.80. The average Bonchev–Trinajstić information content (AvgIpc) is 2.36. The van der Waals surface area contributed by atoms with Crippen LogP contribution in [0.4, 0.5) is 13.2 Å². The first-order valence-corrected chi connectivity index (χ1v) is 8.19. The van der Waals surface area contributed by atoms with Gasteiger partial charge in [0.25, 0.3) is 0 Å². The molecule has 0 saturated carbocycles. The number of benzene rings is 1. The first kappa shape index (κ1) is 19.1. The molecule has 1 aromatic rings. The molecule has 0 radical (unpaired) electrons. The maximum Gasteiger partial charge on any atom is 0.402 e. The number of hydrogen-bond acceptors (Lipinski definition) is 3. The van der Waals surface area contributed by atoms with Crippen molar-refractivity contribution in [3.05, 3.63) is 23.2 Å². The Morgan fingerprint density at radius 3 is 2.36 bits per heavy atom. The van der Waals surface area contributed by atoms with Crippen molar-refractivity contribution < 1.29 is 26.3 Å². The van der Waals surface area contributed by atoms with E-state index < -0.39 is 27.6 Å². The minimum Gasteiger partial charge on any atom is -0.497 e. The van der Waals surface area contributed by atoms with Crippen LogP contribution in [-0.4, -0.2) is 39.1 Å². The van der Waals surface area contributed by atoms with Gasteiger partial charge in [-0.25, -0.2) is 8.42 Å². The second kappa shape index (κ2) is 7.06. The van der Waals surface area contributed by atoms with E-state index in [9.17, 15) is 21.6 Å². The van der Waals surface area contributed by atoms with E-state index >= 15 is 0 Å². The molecule has 1 aromatic carbocycles. The van der Waals surface area contributed by atoms with Crippen LogP contribution in [0.3, 0.4) is 0 Å².